The van der Waals surface area contributed by atoms with Crippen LogP contribution in [0.15, 0.2) is 47.7 Å². The second-order valence-corrected chi connectivity index (χ2v) is 9.25. The number of rotatable bonds is 13. The third-order valence-corrected chi connectivity index (χ3v) is 6.06. The number of hydrazine groups is 1. The third kappa shape index (κ3) is 8.80. The Bertz CT molecular complexity index is 870. The summed E-state index contributed by atoms with van der Waals surface area (Å²) in [6, 6.07) is 5.28. The van der Waals surface area contributed by atoms with Crippen LogP contribution in [0.25, 0.3) is 0 Å². The first-order valence-corrected chi connectivity index (χ1v) is 12.2. The van der Waals surface area contributed by atoms with Crippen molar-refractivity contribution in [3.05, 3.63) is 48.3 Å². The van der Waals surface area contributed by atoms with Crippen LogP contribution in [0.4, 0.5) is 14.5 Å². The Balaban J connectivity index is 2.39. The molecule has 0 spiro atoms. The quantitative estimate of drug-likeness (QED) is 0.126. The second-order valence-electron chi connectivity index (χ2n) is 8.74. The number of aliphatic imine (C=N–C) groups is 1. The molecule has 2 rings (SSSR count). The number of hydrogen-bond donors (Lipinski definition) is 1. The lowest BCUT2D eigenvalue weighted by Gasteiger charge is -2.37. The van der Waals surface area contributed by atoms with Gasteiger partial charge in [0, 0.05) is 36.0 Å². The van der Waals surface area contributed by atoms with Crippen molar-refractivity contribution in [1.29, 1.82) is 0 Å². The Morgan fingerprint density at radius 3 is 2.62 bits per heavy atom. The molecule has 0 aromatic heterocycles. The molecule has 0 heterocycles. The fraction of sp³-hybridized carbons (Fsp3) is 0.520. The zero-order valence-electron chi connectivity index (χ0n) is 20.3. The van der Waals surface area contributed by atoms with Crippen LogP contribution in [-0.4, -0.2) is 42.0 Å². The van der Waals surface area contributed by atoms with Gasteiger partial charge in [-0.15, -0.1) is 0 Å². The van der Waals surface area contributed by atoms with E-state index in [1.807, 2.05) is 20.8 Å². The molecule has 1 atom stereocenters. The van der Waals surface area contributed by atoms with Gasteiger partial charge in [-0.2, -0.15) is 8.78 Å². The number of nitrogens with one attached hydrogen (secondary N) is 1. The molecule has 0 radical (unpaired) electrons. The summed E-state index contributed by atoms with van der Waals surface area (Å²) in [5.74, 6) is 0.0855. The van der Waals surface area contributed by atoms with Crippen LogP contribution in [0.1, 0.15) is 58.4 Å². The highest BCUT2D eigenvalue weighted by Gasteiger charge is 2.24. The summed E-state index contributed by atoms with van der Waals surface area (Å²) in [6.45, 7) is 7.48. The first-order valence-electron chi connectivity index (χ1n) is 11.7. The van der Waals surface area contributed by atoms with Crippen LogP contribution in [0.5, 0.6) is 5.75 Å². The van der Waals surface area contributed by atoms with Crippen molar-refractivity contribution < 1.29 is 18.3 Å². The number of halogens is 2. The van der Waals surface area contributed by atoms with Crippen LogP contribution in [0, 0.1) is 0 Å². The van der Waals surface area contributed by atoms with Crippen LogP contribution in [0.3, 0.4) is 0 Å². The number of aldehydes is 1. The van der Waals surface area contributed by atoms with Gasteiger partial charge in [0.05, 0.1) is 18.4 Å². The highest BCUT2D eigenvalue weighted by atomic mass is 31.0. The molecule has 9 heteroatoms. The largest absolute Gasteiger partial charge is 0.435 e. The van der Waals surface area contributed by atoms with Gasteiger partial charge in [-0.3, -0.25) is 9.77 Å². The van der Waals surface area contributed by atoms with Gasteiger partial charge < -0.3 is 14.4 Å². The van der Waals surface area contributed by atoms with Gasteiger partial charge in [0.2, 0.25) is 0 Å². The van der Waals surface area contributed by atoms with Gasteiger partial charge in [-0.25, -0.2) is 5.43 Å². The van der Waals surface area contributed by atoms with Crippen molar-refractivity contribution in [2.24, 2.45) is 4.99 Å². The molecule has 1 unspecified atom stereocenters. The van der Waals surface area contributed by atoms with Gasteiger partial charge in [-0.05, 0) is 60.7 Å². The fourth-order valence-electron chi connectivity index (χ4n) is 4.08. The minimum absolute atomic E-state index is 0.0855. The molecule has 1 fully saturated rings. The molecular formula is C25H37F2N4O2P. The Hall–Kier alpha value is -2.31. The van der Waals surface area contributed by atoms with Gasteiger partial charge in [0.1, 0.15) is 12.0 Å². The zero-order valence-corrected chi connectivity index (χ0v) is 21.5. The molecule has 1 saturated carbocycles. The molecular weight excluding hydrogens is 457 g/mol. The summed E-state index contributed by atoms with van der Waals surface area (Å²) in [7, 11) is 2.60. The summed E-state index contributed by atoms with van der Waals surface area (Å²) >= 11 is 0. The summed E-state index contributed by atoms with van der Waals surface area (Å²) < 4.78 is 32.2. The van der Waals surface area contributed by atoms with Crippen LogP contribution in [0.2, 0.25) is 0 Å². The lowest BCUT2D eigenvalue weighted by atomic mass is 9.92. The lowest BCUT2D eigenvalue weighted by Crippen LogP contribution is -2.40. The normalized spacial score (nSPS) is 15.5. The zero-order chi connectivity index (χ0) is 25.1. The van der Waals surface area contributed by atoms with E-state index >= 15 is 0 Å². The van der Waals surface area contributed by atoms with Crippen LogP contribution < -0.4 is 15.1 Å². The highest BCUT2D eigenvalue weighted by Crippen LogP contribution is 2.33. The van der Waals surface area contributed by atoms with Crippen molar-refractivity contribution in [2.75, 3.05) is 11.4 Å². The van der Waals surface area contributed by atoms with Gasteiger partial charge >= 0.3 is 6.61 Å². The van der Waals surface area contributed by atoms with Gasteiger partial charge in [0.25, 0.3) is 0 Å². The summed E-state index contributed by atoms with van der Waals surface area (Å²) in [6.07, 6.45) is 9.89. The van der Waals surface area contributed by atoms with E-state index in [-0.39, 0.29) is 24.3 Å². The summed E-state index contributed by atoms with van der Waals surface area (Å²) in [5.41, 5.74) is 6.42. The van der Waals surface area contributed by atoms with E-state index in [0.717, 1.165) is 54.6 Å². The van der Waals surface area contributed by atoms with Crippen molar-refractivity contribution in [3.8, 4) is 5.75 Å². The van der Waals surface area contributed by atoms with E-state index in [1.165, 1.54) is 12.5 Å². The standard InChI is InChI=1S/C25H37F2N4O2P/c1-5-21(31(34)29-18(2)3)16-28-19(4)17-30(22-9-7-6-8-10-22)24-15-23(33-25(26)27)12-11-20(24)13-14-32/h5,11-12,14-16,18,22,25,29H,1,6-10,13,17,34H2,2-4H3/b21-16+,28-19?. The Kier molecular flexibility index (Phi) is 11.6. The number of anilines is 1. The maximum absolute atomic E-state index is 12.9. The van der Waals surface area contributed by atoms with Gasteiger partial charge in [0.15, 0.2) is 0 Å². The fourth-order valence-corrected chi connectivity index (χ4v) is 4.55. The minimum Gasteiger partial charge on any atom is -0.435 e. The molecule has 0 bridgehead atoms. The number of carbonyl (C=O) groups is 1. The number of ether oxygens (including phenoxy) is 1. The predicted molar refractivity (Wildman–Crippen MR) is 138 cm³/mol. The topological polar surface area (TPSA) is 57.2 Å². The maximum Gasteiger partial charge on any atom is 0.387 e. The molecule has 0 aliphatic heterocycles. The van der Waals surface area contributed by atoms with Crippen molar-refractivity contribution in [1.82, 2.24) is 10.2 Å². The third-order valence-electron chi connectivity index (χ3n) is 5.61. The molecule has 1 aliphatic rings. The second kappa shape index (κ2) is 14.2. The molecule has 1 N–H and O–H groups in total. The average molecular weight is 495 g/mol. The van der Waals surface area contributed by atoms with Crippen LogP contribution >= 0.6 is 9.39 Å². The monoisotopic (exact) mass is 494 g/mol. The van der Waals surface area contributed by atoms with Gasteiger partial charge in [-0.1, -0.05) is 31.9 Å². The molecule has 6 nitrogen and oxygen atoms in total. The number of nitrogens with zero attached hydrogens (tertiary/aromatic N) is 3. The molecule has 0 amide bonds. The number of alkyl halides is 2. The summed E-state index contributed by atoms with van der Waals surface area (Å²) in [5, 5.41) is 0. The van der Waals surface area contributed by atoms with E-state index in [9.17, 15) is 13.6 Å². The predicted octanol–water partition coefficient (Wildman–Crippen LogP) is 5.66. The van der Waals surface area contributed by atoms with E-state index in [0.29, 0.717) is 6.54 Å². The Morgan fingerprint density at radius 2 is 2.03 bits per heavy atom. The number of carbonyl (C=O) groups excluding carboxylic acids is 1. The highest BCUT2D eigenvalue weighted by molar-refractivity contribution is 7.13. The molecule has 1 aromatic carbocycles. The van der Waals surface area contributed by atoms with Crippen molar-refractivity contribution >= 4 is 27.1 Å². The Morgan fingerprint density at radius 1 is 1.32 bits per heavy atom. The molecule has 0 saturated heterocycles. The number of allylic oxidation sites excluding steroid dienone is 1. The molecule has 1 aliphatic carbocycles. The van der Waals surface area contributed by atoms with Crippen LogP contribution in [-0.2, 0) is 11.2 Å². The van der Waals surface area contributed by atoms with Crippen molar-refractivity contribution in [3.63, 3.8) is 0 Å². The molecule has 34 heavy (non-hydrogen) atoms. The van der Waals surface area contributed by atoms with E-state index < -0.39 is 6.61 Å². The molecule has 188 valence electrons. The van der Waals surface area contributed by atoms with Crippen molar-refractivity contribution in [2.45, 2.75) is 78.0 Å². The lowest BCUT2D eigenvalue weighted by molar-refractivity contribution is -0.107. The number of benzene rings is 1. The average Bonchev–Trinajstić information content (AvgIpc) is 2.79. The summed E-state index contributed by atoms with van der Waals surface area (Å²) in [4.78, 5) is 18.2. The SMILES string of the molecule is C=C/C(=C\N=C(C)CN(c1cc(OC(F)F)ccc1CC=O)C1CCCCC1)N(P)NC(C)C. The van der Waals surface area contributed by atoms with E-state index in [1.54, 1.807) is 29.2 Å². The van der Waals surface area contributed by atoms with E-state index in [2.05, 4.69) is 36.0 Å². The first-order chi connectivity index (χ1) is 16.2. The van der Waals surface area contributed by atoms with E-state index in [4.69, 9.17) is 0 Å². The maximum atomic E-state index is 12.9. The smallest absolute Gasteiger partial charge is 0.387 e. The number of hydrogen-bond acceptors (Lipinski definition) is 6. The molecule has 1 aromatic rings. The minimum atomic E-state index is -2.91. The first kappa shape index (κ1) is 27.9. The Labute approximate surface area is 204 Å².